The predicted molar refractivity (Wildman–Crippen MR) is 71.6 cm³/mol. The number of hydrogen-bond acceptors (Lipinski definition) is 1. The molecule has 1 aromatic heterocycles. The molecule has 0 amide bonds. The molecule has 0 spiro atoms. The summed E-state index contributed by atoms with van der Waals surface area (Å²) in [6, 6.07) is 0. The van der Waals surface area contributed by atoms with Crippen molar-refractivity contribution in [2.75, 3.05) is 5.33 Å². The van der Waals surface area contributed by atoms with Crippen molar-refractivity contribution in [1.29, 1.82) is 0 Å². The molecule has 0 aromatic carbocycles. The Morgan fingerprint density at radius 2 is 2.00 bits per heavy atom. The maximum atomic E-state index is 4.50. The molecule has 0 saturated heterocycles. The summed E-state index contributed by atoms with van der Waals surface area (Å²) in [5, 5.41) is 5.50. The summed E-state index contributed by atoms with van der Waals surface area (Å²) in [7, 11) is 0. The number of halogens is 2. The van der Waals surface area contributed by atoms with Gasteiger partial charge in [0.25, 0.3) is 0 Å². The van der Waals surface area contributed by atoms with E-state index in [1.165, 1.54) is 10.2 Å². The molecule has 0 N–H and O–H groups in total. The molecule has 15 heavy (non-hydrogen) atoms. The fourth-order valence-electron chi connectivity index (χ4n) is 1.54. The van der Waals surface area contributed by atoms with Crippen LogP contribution < -0.4 is 0 Å². The second-order valence-corrected chi connectivity index (χ2v) is 5.99. The lowest BCUT2D eigenvalue weighted by Crippen LogP contribution is -2.19. The van der Waals surface area contributed by atoms with Crippen LogP contribution in [0, 0.1) is 12.3 Å². The number of nitrogens with zero attached hydrogens (tertiary/aromatic N) is 2. The van der Waals surface area contributed by atoms with Gasteiger partial charge >= 0.3 is 0 Å². The van der Waals surface area contributed by atoms with Crippen LogP contribution in [0.5, 0.6) is 0 Å². The predicted octanol–water partition coefficient (Wildman–Crippen LogP) is 3.94. The number of aryl methyl sites for hydroxylation is 2. The lowest BCUT2D eigenvalue weighted by Gasteiger charge is -2.22. The average molecular weight is 338 g/mol. The zero-order valence-corrected chi connectivity index (χ0v) is 12.9. The van der Waals surface area contributed by atoms with Gasteiger partial charge in [-0.05, 0) is 41.6 Å². The van der Waals surface area contributed by atoms with Crippen molar-refractivity contribution in [2.24, 2.45) is 5.41 Å². The van der Waals surface area contributed by atoms with Crippen LogP contribution in [0.4, 0.5) is 0 Å². The largest absolute Gasteiger partial charge is 0.268 e. The number of hydrogen-bond donors (Lipinski definition) is 0. The van der Waals surface area contributed by atoms with Gasteiger partial charge in [-0.3, -0.25) is 4.68 Å². The van der Waals surface area contributed by atoms with E-state index in [0.29, 0.717) is 0 Å². The summed E-state index contributed by atoms with van der Waals surface area (Å²) < 4.78 is 3.25. The molecule has 1 rings (SSSR count). The summed E-state index contributed by atoms with van der Waals surface area (Å²) in [6.45, 7) is 9.62. The van der Waals surface area contributed by atoms with Gasteiger partial charge in [0.1, 0.15) is 0 Å². The topological polar surface area (TPSA) is 17.8 Å². The molecule has 0 unspecified atom stereocenters. The van der Waals surface area contributed by atoms with Crippen molar-refractivity contribution < 1.29 is 0 Å². The summed E-state index contributed by atoms with van der Waals surface area (Å²) in [6.07, 6.45) is 1.04. The standard InChI is InChI=1S/C11H18Br2N2/c1-5-15-9(6-11(3,4)7-12)10(13)8(2)14-15/h5-7H2,1-4H3. The minimum atomic E-state index is 0.266. The van der Waals surface area contributed by atoms with Gasteiger partial charge in [-0.2, -0.15) is 5.10 Å². The van der Waals surface area contributed by atoms with Crippen molar-refractivity contribution in [3.05, 3.63) is 15.9 Å². The van der Waals surface area contributed by atoms with E-state index in [1.807, 2.05) is 6.92 Å². The van der Waals surface area contributed by atoms with E-state index in [9.17, 15) is 0 Å². The van der Waals surface area contributed by atoms with E-state index < -0.39 is 0 Å². The van der Waals surface area contributed by atoms with Crippen LogP contribution in [0.25, 0.3) is 0 Å². The van der Waals surface area contributed by atoms with E-state index in [4.69, 9.17) is 0 Å². The molecule has 0 atom stereocenters. The van der Waals surface area contributed by atoms with Gasteiger partial charge in [0.15, 0.2) is 0 Å². The first kappa shape index (κ1) is 13.2. The third-order valence-electron chi connectivity index (χ3n) is 2.46. The Labute approximate surface area is 109 Å². The van der Waals surface area contributed by atoms with Crippen LogP contribution >= 0.6 is 31.9 Å². The lowest BCUT2D eigenvalue weighted by atomic mass is 9.90. The monoisotopic (exact) mass is 336 g/mol. The first-order chi connectivity index (χ1) is 6.91. The van der Waals surface area contributed by atoms with Gasteiger partial charge in [-0.25, -0.2) is 0 Å². The second-order valence-electron chi connectivity index (χ2n) is 4.64. The highest BCUT2D eigenvalue weighted by Crippen LogP contribution is 2.30. The summed E-state index contributed by atoms with van der Waals surface area (Å²) >= 11 is 7.19. The van der Waals surface area contributed by atoms with Gasteiger partial charge in [0.05, 0.1) is 15.9 Å². The summed E-state index contributed by atoms with van der Waals surface area (Å²) in [5.41, 5.74) is 2.65. The van der Waals surface area contributed by atoms with Crippen LogP contribution in [0.1, 0.15) is 32.2 Å². The van der Waals surface area contributed by atoms with E-state index >= 15 is 0 Å². The minimum Gasteiger partial charge on any atom is -0.268 e. The molecule has 0 aliphatic carbocycles. The van der Waals surface area contributed by atoms with E-state index in [-0.39, 0.29) is 5.41 Å². The Kier molecular flexibility index (Phi) is 4.41. The third kappa shape index (κ3) is 3.06. The van der Waals surface area contributed by atoms with Crippen LogP contribution in [0.2, 0.25) is 0 Å². The molecule has 2 nitrogen and oxygen atoms in total. The summed E-state index contributed by atoms with van der Waals surface area (Å²) in [5.74, 6) is 0. The van der Waals surface area contributed by atoms with Crippen LogP contribution in [0.15, 0.2) is 4.47 Å². The summed E-state index contributed by atoms with van der Waals surface area (Å²) in [4.78, 5) is 0. The number of aromatic nitrogens is 2. The molecule has 0 aliphatic heterocycles. The fraction of sp³-hybridized carbons (Fsp3) is 0.727. The Hall–Kier alpha value is 0.170. The Morgan fingerprint density at radius 3 is 2.47 bits per heavy atom. The maximum Gasteiger partial charge on any atom is 0.0738 e. The van der Waals surface area contributed by atoms with Crippen LogP contribution in [-0.4, -0.2) is 15.1 Å². The normalized spacial score (nSPS) is 12.1. The molecule has 4 heteroatoms. The van der Waals surface area contributed by atoms with Crippen molar-refractivity contribution in [3.8, 4) is 0 Å². The number of alkyl halides is 1. The minimum absolute atomic E-state index is 0.266. The lowest BCUT2D eigenvalue weighted by molar-refractivity contribution is 0.405. The molecule has 1 heterocycles. The fourth-order valence-corrected chi connectivity index (χ4v) is 2.16. The average Bonchev–Trinajstić information content (AvgIpc) is 2.45. The zero-order chi connectivity index (χ0) is 11.6. The smallest absolute Gasteiger partial charge is 0.0738 e. The Morgan fingerprint density at radius 1 is 1.40 bits per heavy atom. The van der Waals surface area contributed by atoms with Gasteiger partial charge in [-0.1, -0.05) is 29.8 Å². The van der Waals surface area contributed by atoms with Crippen molar-refractivity contribution >= 4 is 31.9 Å². The molecule has 1 aromatic rings. The van der Waals surface area contributed by atoms with Gasteiger partial charge in [0.2, 0.25) is 0 Å². The van der Waals surface area contributed by atoms with E-state index in [2.05, 4.69) is 62.4 Å². The maximum absolute atomic E-state index is 4.50. The van der Waals surface area contributed by atoms with Crippen LogP contribution in [-0.2, 0) is 13.0 Å². The molecule has 86 valence electrons. The molecule has 0 saturated carbocycles. The molecule has 0 aliphatic rings. The molecule has 0 fully saturated rings. The highest BCUT2D eigenvalue weighted by Gasteiger charge is 2.22. The molecule has 0 radical (unpaired) electrons. The Balaban J connectivity index is 3.03. The van der Waals surface area contributed by atoms with Gasteiger partial charge in [-0.15, -0.1) is 0 Å². The Bertz CT molecular complexity index is 343. The molecular formula is C11H18Br2N2. The van der Waals surface area contributed by atoms with E-state index in [0.717, 1.165) is 24.0 Å². The van der Waals surface area contributed by atoms with Gasteiger partial charge in [0, 0.05) is 11.9 Å². The zero-order valence-electron chi connectivity index (χ0n) is 9.77. The first-order valence-electron chi connectivity index (χ1n) is 5.19. The SMILES string of the molecule is CCn1nc(C)c(Br)c1CC(C)(C)CBr. The first-order valence-corrected chi connectivity index (χ1v) is 7.10. The quantitative estimate of drug-likeness (QED) is 0.761. The highest BCUT2D eigenvalue weighted by molar-refractivity contribution is 9.10. The second kappa shape index (κ2) is 5.00. The highest BCUT2D eigenvalue weighted by atomic mass is 79.9. The van der Waals surface area contributed by atoms with Crippen molar-refractivity contribution in [1.82, 2.24) is 9.78 Å². The van der Waals surface area contributed by atoms with Gasteiger partial charge < -0.3 is 0 Å². The number of rotatable bonds is 4. The molecular weight excluding hydrogens is 320 g/mol. The van der Waals surface area contributed by atoms with E-state index in [1.54, 1.807) is 0 Å². The van der Waals surface area contributed by atoms with Crippen molar-refractivity contribution in [3.63, 3.8) is 0 Å². The van der Waals surface area contributed by atoms with Crippen LogP contribution in [0.3, 0.4) is 0 Å². The third-order valence-corrected chi connectivity index (χ3v) is 5.01. The van der Waals surface area contributed by atoms with Crippen molar-refractivity contribution in [2.45, 2.75) is 40.7 Å². The molecule has 0 bridgehead atoms.